The Kier molecular flexibility index (Phi) is 5.01. The van der Waals surface area contributed by atoms with Crippen LogP contribution in [0, 0.1) is 5.41 Å². The maximum Gasteiger partial charge on any atom is 0.433 e. The van der Waals surface area contributed by atoms with Gasteiger partial charge in [0.25, 0.3) is 0 Å². The maximum absolute atomic E-state index is 13.0. The van der Waals surface area contributed by atoms with Crippen LogP contribution in [0.1, 0.15) is 18.5 Å². The van der Waals surface area contributed by atoms with E-state index < -0.39 is 17.3 Å². The molecular formula is C17H19F3N4O2. The first-order chi connectivity index (χ1) is 12.4. The van der Waals surface area contributed by atoms with Crippen LogP contribution < -0.4 is 11.1 Å². The van der Waals surface area contributed by atoms with E-state index in [4.69, 9.17) is 10.5 Å². The van der Waals surface area contributed by atoms with E-state index in [1.54, 1.807) is 12.1 Å². The number of hydrogen-bond donors (Lipinski definition) is 2. The van der Waals surface area contributed by atoms with E-state index in [-0.39, 0.29) is 18.1 Å². The molecule has 1 aromatic carbocycles. The number of nitrogens with two attached hydrogens (primary N) is 1. The van der Waals surface area contributed by atoms with Crippen molar-refractivity contribution < 1.29 is 22.7 Å². The van der Waals surface area contributed by atoms with Crippen molar-refractivity contribution in [3.63, 3.8) is 0 Å². The predicted octanol–water partition coefficient (Wildman–Crippen LogP) is 2.59. The third-order valence-corrected chi connectivity index (χ3v) is 4.63. The summed E-state index contributed by atoms with van der Waals surface area (Å²) in [6.07, 6.45) is -2.33. The Hall–Kier alpha value is -2.39. The van der Waals surface area contributed by atoms with Gasteiger partial charge in [0.1, 0.15) is 5.69 Å². The van der Waals surface area contributed by atoms with Crippen LogP contribution in [0.15, 0.2) is 36.5 Å². The summed E-state index contributed by atoms with van der Waals surface area (Å²) >= 11 is 0. The third kappa shape index (κ3) is 3.58. The molecule has 0 aliphatic carbocycles. The number of alkyl halides is 3. The normalized spacial score (nSPS) is 17.1. The molecule has 0 radical (unpaired) electrons. The number of halogens is 3. The summed E-state index contributed by atoms with van der Waals surface area (Å²) < 4.78 is 45.0. The van der Waals surface area contributed by atoms with Gasteiger partial charge in [0.05, 0.1) is 17.3 Å². The van der Waals surface area contributed by atoms with Crippen LogP contribution in [0.25, 0.3) is 5.69 Å². The highest BCUT2D eigenvalue weighted by atomic mass is 19.4. The van der Waals surface area contributed by atoms with Crippen molar-refractivity contribution in [3.8, 4) is 5.69 Å². The molecule has 3 N–H and O–H groups in total. The van der Waals surface area contributed by atoms with Gasteiger partial charge in [-0.1, -0.05) is 0 Å². The van der Waals surface area contributed by atoms with E-state index >= 15 is 0 Å². The van der Waals surface area contributed by atoms with Gasteiger partial charge in [-0.2, -0.15) is 18.3 Å². The van der Waals surface area contributed by atoms with E-state index in [0.717, 1.165) is 16.9 Å². The second-order valence-corrected chi connectivity index (χ2v) is 6.22. The molecule has 0 saturated carbocycles. The van der Waals surface area contributed by atoms with Crippen molar-refractivity contribution in [2.24, 2.45) is 11.1 Å². The van der Waals surface area contributed by atoms with Crippen LogP contribution in [0.5, 0.6) is 0 Å². The van der Waals surface area contributed by atoms with Crippen LogP contribution in [0.2, 0.25) is 0 Å². The molecule has 2 heterocycles. The Morgan fingerprint density at radius 1 is 1.23 bits per heavy atom. The van der Waals surface area contributed by atoms with Gasteiger partial charge in [-0.3, -0.25) is 4.79 Å². The smallest absolute Gasteiger partial charge is 0.381 e. The zero-order chi connectivity index (χ0) is 18.8. The average molecular weight is 368 g/mol. The number of benzene rings is 1. The Morgan fingerprint density at radius 3 is 2.46 bits per heavy atom. The van der Waals surface area contributed by atoms with Crippen LogP contribution in [-0.2, 0) is 15.7 Å². The number of ether oxygens (including phenoxy) is 1. The van der Waals surface area contributed by atoms with E-state index in [1.165, 1.54) is 12.1 Å². The fourth-order valence-electron chi connectivity index (χ4n) is 2.96. The molecule has 0 spiro atoms. The lowest BCUT2D eigenvalue weighted by atomic mass is 9.79. The molecule has 1 aromatic heterocycles. The third-order valence-electron chi connectivity index (χ3n) is 4.63. The highest BCUT2D eigenvalue weighted by Gasteiger charge is 2.39. The second kappa shape index (κ2) is 7.08. The highest BCUT2D eigenvalue weighted by Crippen LogP contribution is 2.32. The quantitative estimate of drug-likeness (QED) is 0.869. The van der Waals surface area contributed by atoms with Gasteiger partial charge in [-0.15, -0.1) is 0 Å². The van der Waals surface area contributed by atoms with Crippen molar-refractivity contribution >= 4 is 11.6 Å². The lowest BCUT2D eigenvalue weighted by Gasteiger charge is -2.34. The standard InChI is InChI=1S/C17H19F3N4O2/c18-17(19,20)14-5-8-22-24(14)13-3-1-12(2-4-13)23-15(25)16(11-21)6-9-26-10-7-16/h1-5,8H,6-7,9-11,21H2,(H,23,25). The number of anilines is 1. The summed E-state index contributed by atoms with van der Waals surface area (Å²) in [6, 6.07) is 6.93. The number of rotatable bonds is 4. The lowest BCUT2D eigenvalue weighted by molar-refractivity contribution is -0.142. The topological polar surface area (TPSA) is 82.2 Å². The fourth-order valence-corrected chi connectivity index (χ4v) is 2.96. The first-order valence-electron chi connectivity index (χ1n) is 8.17. The molecule has 1 fully saturated rings. The zero-order valence-electron chi connectivity index (χ0n) is 13.9. The second-order valence-electron chi connectivity index (χ2n) is 6.22. The van der Waals surface area contributed by atoms with E-state index in [1.807, 2.05) is 0 Å². The Bertz CT molecular complexity index is 765. The van der Waals surface area contributed by atoms with Gasteiger partial charge >= 0.3 is 6.18 Å². The van der Waals surface area contributed by atoms with Crippen molar-refractivity contribution in [2.75, 3.05) is 25.1 Å². The van der Waals surface area contributed by atoms with Crippen LogP contribution in [0.4, 0.5) is 18.9 Å². The molecule has 0 atom stereocenters. The summed E-state index contributed by atoms with van der Waals surface area (Å²) in [4.78, 5) is 12.6. The zero-order valence-corrected chi connectivity index (χ0v) is 13.9. The lowest BCUT2D eigenvalue weighted by Crippen LogP contribution is -2.46. The van der Waals surface area contributed by atoms with Crippen LogP contribution in [-0.4, -0.2) is 35.4 Å². The molecule has 3 rings (SSSR count). The number of hydrogen-bond acceptors (Lipinski definition) is 4. The Balaban J connectivity index is 1.76. The summed E-state index contributed by atoms with van der Waals surface area (Å²) in [5.74, 6) is -0.203. The summed E-state index contributed by atoms with van der Waals surface area (Å²) in [7, 11) is 0. The van der Waals surface area contributed by atoms with Crippen molar-refractivity contribution in [3.05, 3.63) is 42.2 Å². The molecule has 9 heteroatoms. The maximum atomic E-state index is 13.0. The minimum Gasteiger partial charge on any atom is -0.381 e. The van der Waals surface area contributed by atoms with Gasteiger partial charge in [0, 0.05) is 25.4 Å². The molecule has 1 aliphatic rings. The molecule has 1 saturated heterocycles. The molecule has 2 aromatic rings. The largest absolute Gasteiger partial charge is 0.433 e. The van der Waals surface area contributed by atoms with Crippen molar-refractivity contribution in [1.29, 1.82) is 0 Å². The van der Waals surface area contributed by atoms with Gasteiger partial charge in [0.15, 0.2) is 0 Å². The summed E-state index contributed by atoms with van der Waals surface area (Å²) in [5, 5.41) is 6.51. The number of nitrogens with zero attached hydrogens (tertiary/aromatic N) is 2. The molecule has 6 nitrogen and oxygen atoms in total. The SMILES string of the molecule is NCC1(C(=O)Nc2ccc(-n3nccc3C(F)(F)F)cc2)CCOCC1. The Morgan fingerprint density at radius 2 is 1.88 bits per heavy atom. The number of carbonyl (C=O) groups excluding carboxylic acids is 1. The van der Waals surface area contributed by atoms with Crippen LogP contribution >= 0.6 is 0 Å². The molecule has 1 amide bonds. The van der Waals surface area contributed by atoms with Crippen molar-refractivity contribution in [2.45, 2.75) is 19.0 Å². The van der Waals surface area contributed by atoms with E-state index in [0.29, 0.717) is 31.7 Å². The predicted molar refractivity (Wildman–Crippen MR) is 88.7 cm³/mol. The van der Waals surface area contributed by atoms with Crippen LogP contribution in [0.3, 0.4) is 0 Å². The number of aromatic nitrogens is 2. The molecular weight excluding hydrogens is 349 g/mol. The first kappa shape index (κ1) is 18.4. The Labute approximate surface area is 148 Å². The van der Waals surface area contributed by atoms with E-state index in [2.05, 4.69) is 10.4 Å². The summed E-state index contributed by atoms with van der Waals surface area (Å²) in [5.41, 5.74) is 5.00. The molecule has 140 valence electrons. The minimum absolute atomic E-state index is 0.203. The number of amides is 1. The summed E-state index contributed by atoms with van der Waals surface area (Å²) in [6.45, 7) is 1.16. The van der Waals surface area contributed by atoms with Gasteiger partial charge in [-0.05, 0) is 43.2 Å². The fraction of sp³-hybridized carbons (Fsp3) is 0.412. The van der Waals surface area contributed by atoms with Gasteiger partial charge in [0.2, 0.25) is 5.91 Å². The first-order valence-corrected chi connectivity index (χ1v) is 8.17. The van der Waals surface area contributed by atoms with E-state index in [9.17, 15) is 18.0 Å². The van der Waals surface area contributed by atoms with Crippen molar-refractivity contribution in [1.82, 2.24) is 9.78 Å². The highest BCUT2D eigenvalue weighted by molar-refractivity contribution is 5.95. The molecule has 0 unspecified atom stereocenters. The van der Waals surface area contributed by atoms with Gasteiger partial charge in [-0.25, -0.2) is 4.68 Å². The molecule has 1 aliphatic heterocycles. The molecule has 26 heavy (non-hydrogen) atoms. The number of nitrogens with one attached hydrogen (secondary N) is 1. The monoisotopic (exact) mass is 368 g/mol. The average Bonchev–Trinajstić information content (AvgIpc) is 3.13. The van der Waals surface area contributed by atoms with Gasteiger partial charge < -0.3 is 15.8 Å². The minimum atomic E-state index is -4.50. The molecule has 0 bridgehead atoms. The number of carbonyl (C=O) groups is 1.